The molecule has 0 saturated heterocycles. The fourth-order valence-corrected chi connectivity index (χ4v) is 5.05. The van der Waals surface area contributed by atoms with Crippen molar-refractivity contribution in [1.29, 1.82) is 0 Å². The number of ether oxygens (including phenoxy) is 1. The predicted molar refractivity (Wildman–Crippen MR) is 123 cm³/mol. The van der Waals surface area contributed by atoms with Crippen molar-refractivity contribution in [3.8, 4) is 0 Å². The van der Waals surface area contributed by atoms with Gasteiger partial charge in [0.1, 0.15) is 0 Å². The van der Waals surface area contributed by atoms with Gasteiger partial charge in [0.05, 0.1) is 29.0 Å². The maximum Gasteiger partial charge on any atom is 0.338 e. The number of allylic oxidation sites excluding steroid dienone is 1. The van der Waals surface area contributed by atoms with Crippen LogP contribution in [0.2, 0.25) is 10.0 Å². The highest BCUT2D eigenvalue weighted by molar-refractivity contribution is 7.07. The maximum atomic E-state index is 13.5. The highest BCUT2D eigenvalue weighted by atomic mass is 35.5. The van der Waals surface area contributed by atoms with Gasteiger partial charge in [-0.25, -0.2) is 9.79 Å². The minimum absolute atomic E-state index is 0.250. The van der Waals surface area contributed by atoms with E-state index in [1.165, 1.54) is 18.4 Å². The molecule has 31 heavy (non-hydrogen) atoms. The van der Waals surface area contributed by atoms with Gasteiger partial charge in [0.15, 0.2) is 4.80 Å². The highest BCUT2D eigenvalue weighted by Gasteiger charge is 2.33. The van der Waals surface area contributed by atoms with Crippen molar-refractivity contribution in [1.82, 2.24) is 4.57 Å². The van der Waals surface area contributed by atoms with Crippen molar-refractivity contribution in [2.75, 3.05) is 7.11 Å². The van der Waals surface area contributed by atoms with Gasteiger partial charge in [-0.05, 0) is 35.8 Å². The number of thiazole rings is 1. The fraction of sp³-hybridized carbons (Fsp3) is 0.174. The van der Waals surface area contributed by atoms with Crippen molar-refractivity contribution in [2.24, 2.45) is 4.99 Å². The average Bonchev–Trinajstić information content (AvgIpc) is 3.09. The molecule has 1 atom stereocenters. The van der Waals surface area contributed by atoms with E-state index in [-0.39, 0.29) is 5.56 Å². The van der Waals surface area contributed by atoms with Crippen LogP contribution in [-0.4, -0.2) is 17.6 Å². The molecule has 0 unspecified atom stereocenters. The van der Waals surface area contributed by atoms with Crippen LogP contribution in [0, 0.1) is 0 Å². The lowest BCUT2D eigenvalue weighted by molar-refractivity contribution is -0.136. The average molecular weight is 473 g/mol. The summed E-state index contributed by atoms with van der Waals surface area (Å²) >= 11 is 13.5. The largest absolute Gasteiger partial charge is 0.466 e. The Labute approximate surface area is 192 Å². The summed E-state index contributed by atoms with van der Waals surface area (Å²) in [7, 11) is 1.33. The number of hydrogen-bond donors (Lipinski definition) is 0. The Morgan fingerprint density at radius 2 is 1.97 bits per heavy atom. The van der Waals surface area contributed by atoms with E-state index in [1.807, 2.05) is 37.3 Å². The number of carbonyl (C=O) groups excluding carboxylic acids is 1. The van der Waals surface area contributed by atoms with Gasteiger partial charge in [-0.15, -0.1) is 0 Å². The third-order valence-electron chi connectivity index (χ3n) is 5.01. The summed E-state index contributed by atoms with van der Waals surface area (Å²) in [4.78, 5) is 31.4. The number of methoxy groups -OCH3 is 1. The minimum Gasteiger partial charge on any atom is -0.466 e. The number of aromatic nitrogens is 1. The molecule has 5 nitrogen and oxygen atoms in total. The second-order valence-electron chi connectivity index (χ2n) is 6.86. The van der Waals surface area contributed by atoms with Gasteiger partial charge in [-0.1, -0.05) is 77.9 Å². The van der Waals surface area contributed by atoms with Gasteiger partial charge in [0, 0.05) is 10.0 Å². The van der Waals surface area contributed by atoms with E-state index in [2.05, 4.69) is 4.99 Å². The topological polar surface area (TPSA) is 60.7 Å². The number of hydrogen-bond acceptors (Lipinski definition) is 5. The van der Waals surface area contributed by atoms with Crippen LogP contribution >= 0.6 is 34.5 Å². The molecule has 0 bridgehead atoms. The van der Waals surface area contributed by atoms with Crippen LogP contribution in [-0.2, 0) is 9.53 Å². The molecule has 2 aromatic carbocycles. The van der Waals surface area contributed by atoms with Crippen LogP contribution in [0.3, 0.4) is 0 Å². The van der Waals surface area contributed by atoms with Crippen LogP contribution < -0.4 is 14.9 Å². The van der Waals surface area contributed by atoms with Gasteiger partial charge < -0.3 is 4.74 Å². The predicted octanol–water partition coefficient (Wildman–Crippen LogP) is 4.11. The van der Waals surface area contributed by atoms with Crippen molar-refractivity contribution >= 4 is 46.6 Å². The van der Waals surface area contributed by atoms with Crippen molar-refractivity contribution < 1.29 is 9.53 Å². The first-order chi connectivity index (χ1) is 14.9. The Hall–Kier alpha value is -2.67. The van der Waals surface area contributed by atoms with Crippen molar-refractivity contribution in [3.05, 3.63) is 101 Å². The minimum atomic E-state index is -0.623. The Bertz CT molecular complexity index is 1370. The molecular weight excluding hydrogens is 455 g/mol. The van der Waals surface area contributed by atoms with E-state index in [0.29, 0.717) is 42.6 Å². The lowest BCUT2D eigenvalue weighted by Crippen LogP contribution is -2.40. The smallest absolute Gasteiger partial charge is 0.338 e. The molecule has 158 valence electrons. The lowest BCUT2D eigenvalue weighted by Gasteiger charge is -2.25. The number of esters is 1. The molecular formula is C23H18Cl2N2O3S. The molecule has 1 aliphatic heterocycles. The molecule has 0 spiro atoms. The van der Waals surface area contributed by atoms with E-state index in [0.717, 1.165) is 5.56 Å². The van der Waals surface area contributed by atoms with Crippen LogP contribution in [0.4, 0.5) is 0 Å². The molecule has 8 heteroatoms. The molecule has 0 N–H and O–H groups in total. The van der Waals surface area contributed by atoms with Gasteiger partial charge in [-0.2, -0.15) is 0 Å². The quantitative estimate of drug-likeness (QED) is 0.536. The zero-order valence-electron chi connectivity index (χ0n) is 16.8. The first kappa shape index (κ1) is 21.6. The van der Waals surface area contributed by atoms with Crippen LogP contribution in [0.1, 0.15) is 30.5 Å². The SMILES string of the molecule is CCC1=C(C(=O)OC)[C@H](c2ccccc2)n2c(s/c(=C\c3ccc(Cl)cc3Cl)c2=O)=N1. The van der Waals surface area contributed by atoms with E-state index in [1.54, 1.807) is 28.8 Å². The standard InChI is InChI=1S/C23H18Cl2N2O3S/c1-3-17-19(22(29)30-2)20(13-7-5-4-6-8-13)27-21(28)18(31-23(27)26-17)11-14-9-10-15(24)12-16(14)25/h4-12,20H,3H2,1-2H3/b18-11-/t20-/m0/s1. The zero-order chi connectivity index (χ0) is 22.1. The van der Waals surface area contributed by atoms with Crippen LogP contribution in [0.15, 0.2) is 69.6 Å². The molecule has 0 amide bonds. The Balaban J connectivity index is 2.01. The molecule has 0 radical (unpaired) electrons. The first-order valence-electron chi connectivity index (χ1n) is 9.57. The number of rotatable bonds is 4. The summed E-state index contributed by atoms with van der Waals surface area (Å²) in [6.07, 6.45) is 2.25. The van der Waals surface area contributed by atoms with Crippen LogP contribution in [0.25, 0.3) is 6.08 Å². The molecule has 0 saturated carbocycles. The fourth-order valence-electron chi connectivity index (χ4n) is 3.57. The number of halogens is 2. The van der Waals surface area contributed by atoms with E-state index in [4.69, 9.17) is 27.9 Å². The number of fused-ring (bicyclic) bond motifs is 1. The van der Waals surface area contributed by atoms with Gasteiger partial charge in [0.2, 0.25) is 0 Å². The van der Waals surface area contributed by atoms with Crippen molar-refractivity contribution in [2.45, 2.75) is 19.4 Å². The molecule has 1 aromatic heterocycles. The highest BCUT2D eigenvalue weighted by Crippen LogP contribution is 2.31. The Kier molecular flexibility index (Phi) is 6.14. The summed E-state index contributed by atoms with van der Waals surface area (Å²) < 4.78 is 7.07. The number of nitrogens with zero attached hydrogens (tertiary/aromatic N) is 2. The van der Waals surface area contributed by atoms with Crippen molar-refractivity contribution in [3.63, 3.8) is 0 Å². The van der Waals surface area contributed by atoms with E-state index in [9.17, 15) is 9.59 Å². The summed E-state index contributed by atoms with van der Waals surface area (Å²) in [5, 5.41) is 0.963. The van der Waals surface area contributed by atoms with Gasteiger partial charge in [0.25, 0.3) is 5.56 Å². The molecule has 0 fully saturated rings. The lowest BCUT2D eigenvalue weighted by atomic mass is 9.95. The first-order valence-corrected chi connectivity index (χ1v) is 11.1. The number of benzene rings is 2. The Morgan fingerprint density at radius 1 is 1.23 bits per heavy atom. The summed E-state index contributed by atoms with van der Waals surface area (Å²) in [6.45, 7) is 1.92. The molecule has 1 aliphatic rings. The second kappa shape index (κ2) is 8.83. The summed E-state index contributed by atoms with van der Waals surface area (Å²) in [6, 6.07) is 13.9. The van der Waals surface area contributed by atoms with Crippen LogP contribution in [0.5, 0.6) is 0 Å². The van der Waals surface area contributed by atoms with Gasteiger partial charge in [-0.3, -0.25) is 9.36 Å². The molecule has 2 heterocycles. The normalized spacial score (nSPS) is 16.1. The summed E-state index contributed by atoms with van der Waals surface area (Å²) in [5.41, 5.74) is 2.22. The van der Waals surface area contributed by atoms with Gasteiger partial charge >= 0.3 is 5.97 Å². The Morgan fingerprint density at radius 3 is 2.61 bits per heavy atom. The third-order valence-corrected chi connectivity index (χ3v) is 6.56. The second-order valence-corrected chi connectivity index (χ2v) is 8.72. The molecule has 0 aliphatic carbocycles. The third kappa shape index (κ3) is 3.99. The zero-order valence-corrected chi connectivity index (χ0v) is 19.1. The van der Waals surface area contributed by atoms with E-state index >= 15 is 0 Å². The number of carbonyl (C=O) groups is 1. The molecule has 3 aromatic rings. The summed E-state index contributed by atoms with van der Waals surface area (Å²) in [5.74, 6) is -0.496. The van der Waals surface area contributed by atoms with E-state index < -0.39 is 12.0 Å². The monoisotopic (exact) mass is 472 g/mol. The maximum absolute atomic E-state index is 13.5. The molecule has 4 rings (SSSR count).